The summed E-state index contributed by atoms with van der Waals surface area (Å²) in [6, 6.07) is 5.68. The second kappa shape index (κ2) is 6.59. The normalized spacial score (nSPS) is 10.7. The molecule has 0 saturated carbocycles. The van der Waals surface area contributed by atoms with Gasteiger partial charge in [0.2, 0.25) is 0 Å². The molecule has 0 unspecified atom stereocenters. The van der Waals surface area contributed by atoms with Gasteiger partial charge in [0.25, 0.3) is 0 Å². The number of ether oxygens (including phenoxy) is 1. The number of benzene rings is 1. The summed E-state index contributed by atoms with van der Waals surface area (Å²) in [5, 5.41) is 4.84. The van der Waals surface area contributed by atoms with Crippen LogP contribution in [0.4, 0.5) is 0 Å². The zero-order valence-electron chi connectivity index (χ0n) is 11.0. The van der Waals surface area contributed by atoms with E-state index in [0.717, 1.165) is 29.7 Å². The van der Waals surface area contributed by atoms with Gasteiger partial charge in [-0.05, 0) is 30.7 Å². The molecular weight excluding hydrogens is 262 g/mol. The Hall–Kier alpha value is -1.52. The molecule has 2 N–H and O–H groups in total. The van der Waals surface area contributed by atoms with Crippen LogP contribution in [-0.2, 0) is 19.9 Å². The molecule has 0 aliphatic rings. The minimum absolute atomic E-state index is 0.558. The van der Waals surface area contributed by atoms with Crippen molar-refractivity contribution in [3.8, 4) is 5.75 Å². The van der Waals surface area contributed by atoms with Gasteiger partial charge in [0.05, 0.1) is 12.8 Å². The highest BCUT2D eigenvalue weighted by Gasteiger charge is 2.07. The molecule has 0 radical (unpaired) electrons. The third kappa shape index (κ3) is 3.72. The molecule has 0 fully saturated rings. The molecule has 0 aliphatic carbocycles. The average Bonchev–Trinajstić information content (AvgIpc) is 2.79. The van der Waals surface area contributed by atoms with Gasteiger partial charge in [-0.3, -0.25) is 4.68 Å². The molecule has 0 bridgehead atoms. The topological polar surface area (TPSA) is 53.1 Å². The molecule has 2 aromatic rings. The molecule has 0 aliphatic heterocycles. The van der Waals surface area contributed by atoms with Crippen LogP contribution >= 0.6 is 11.6 Å². The van der Waals surface area contributed by atoms with E-state index in [2.05, 4.69) is 5.10 Å². The molecule has 0 atom stereocenters. The molecule has 102 valence electrons. The lowest BCUT2D eigenvalue weighted by Gasteiger charge is -2.12. The number of aromatic nitrogens is 2. The van der Waals surface area contributed by atoms with Gasteiger partial charge in [-0.2, -0.15) is 5.10 Å². The minimum Gasteiger partial charge on any atom is -0.493 e. The Kier molecular flexibility index (Phi) is 4.82. The Labute approximate surface area is 118 Å². The number of aryl methyl sites for hydroxylation is 1. The van der Waals surface area contributed by atoms with Gasteiger partial charge in [-0.25, -0.2) is 0 Å². The van der Waals surface area contributed by atoms with Crippen LogP contribution in [-0.4, -0.2) is 22.9 Å². The first-order valence-electron chi connectivity index (χ1n) is 6.28. The Morgan fingerprint density at radius 1 is 1.37 bits per heavy atom. The first-order chi connectivity index (χ1) is 9.20. The van der Waals surface area contributed by atoms with E-state index in [4.69, 9.17) is 22.1 Å². The van der Waals surface area contributed by atoms with Crippen molar-refractivity contribution >= 4 is 11.6 Å². The summed E-state index contributed by atoms with van der Waals surface area (Å²) >= 11 is 6.16. The molecule has 0 saturated heterocycles. The van der Waals surface area contributed by atoms with Crippen molar-refractivity contribution in [3.05, 3.63) is 46.7 Å². The van der Waals surface area contributed by atoms with Gasteiger partial charge < -0.3 is 10.5 Å². The molecule has 19 heavy (non-hydrogen) atoms. The predicted molar refractivity (Wildman–Crippen MR) is 76.6 cm³/mol. The van der Waals surface area contributed by atoms with E-state index in [1.165, 1.54) is 0 Å². The van der Waals surface area contributed by atoms with Crippen molar-refractivity contribution in [2.24, 2.45) is 12.8 Å². The van der Waals surface area contributed by atoms with E-state index in [-0.39, 0.29) is 0 Å². The van der Waals surface area contributed by atoms with Crippen molar-refractivity contribution in [1.29, 1.82) is 0 Å². The van der Waals surface area contributed by atoms with Crippen molar-refractivity contribution in [2.45, 2.75) is 12.8 Å². The lowest BCUT2D eigenvalue weighted by molar-refractivity contribution is 0.318. The third-order valence-electron chi connectivity index (χ3n) is 2.88. The van der Waals surface area contributed by atoms with Crippen LogP contribution in [0.25, 0.3) is 0 Å². The fourth-order valence-corrected chi connectivity index (χ4v) is 2.20. The van der Waals surface area contributed by atoms with Gasteiger partial charge in [-0.15, -0.1) is 0 Å². The molecule has 1 heterocycles. The van der Waals surface area contributed by atoms with Crippen LogP contribution < -0.4 is 10.5 Å². The zero-order chi connectivity index (χ0) is 13.7. The number of halogens is 1. The highest BCUT2D eigenvalue weighted by molar-refractivity contribution is 6.31. The van der Waals surface area contributed by atoms with E-state index < -0.39 is 0 Å². The molecule has 1 aromatic heterocycles. The van der Waals surface area contributed by atoms with Crippen LogP contribution in [0.3, 0.4) is 0 Å². The summed E-state index contributed by atoms with van der Waals surface area (Å²) in [6.07, 6.45) is 5.38. The molecule has 1 aromatic carbocycles. The van der Waals surface area contributed by atoms with E-state index in [0.29, 0.717) is 18.2 Å². The zero-order valence-corrected chi connectivity index (χ0v) is 11.7. The van der Waals surface area contributed by atoms with Crippen molar-refractivity contribution < 1.29 is 4.74 Å². The summed E-state index contributed by atoms with van der Waals surface area (Å²) in [4.78, 5) is 0. The number of hydrogen-bond acceptors (Lipinski definition) is 3. The molecule has 0 amide bonds. The van der Waals surface area contributed by atoms with Gasteiger partial charge in [0.15, 0.2) is 0 Å². The first kappa shape index (κ1) is 13.9. The minimum atomic E-state index is 0.558. The summed E-state index contributed by atoms with van der Waals surface area (Å²) in [6.45, 7) is 1.16. The number of rotatable bonds is 6. The monoisotopic (exact) mass is 279 g/mol. The van der Waals surface area contributed by atoms with Gasteiger partial charge in [0, 0.05) is 30.3 Å². The van der Waals surface area contributed by atoms with Crippen LogP contribution in [0.15, 0.2) is 30.6 Å². The summed E-state index contributed by atoms with van der Waals surface area (Å²) in [5.74, 6) is 0.821. The van der Waals surface area contributed by atoms with Crippen LogP contribution in [0.5, 0.6) is 5.75 Å². The highest BCUT2D eigenvalue weighted by atomic mass is 35.5. The van der Waals surface area contributed by atoms with Crippen LogP contribution in [0, 0.1) is 0 Å². The van der Waals surface area contributed by atoms with Crippen LogP contribution in [0.2, 0.25) is 5.02 Å². The fourth-order valence-electron chi connectivity index (χ4n) is 1.94. The standard InChI is InChI=1S/C14H18ClN3O/c1-18-10-11(9-17-18)6-8-19-14-4-2-3-13(15)12(14)5-7-16/h2-4,9-10H,5-8,16H2,1H3. The highest BCUT2D eigenvalue weighted by Crippen LogP contribution is 2.26. The number of nitrogens with zero attached hydrogens (tertiary/aromatic N) is 2. The summed E-state index contributed by atoms with van der Waals surface area (Å²) in [7, 11) is 1.90. The largest absolute Gasteiger partial charge is 0.493 e. The lowest BCUT2D eigenvalue weighted by atomic mass is 10.1. The second-order valence-corrected chi connectivity index (χ2v) is 4.78. The van der Waals surface area contributed by atoms with E-state index in [1.54, 1.807) is 4.68 Å². The SMILES string of the molecule is Cn1cc(CCOc2cccc(Cl)c2CCN)cn1. The Bertz CT molecular complexity index is 539. The van der Waals surface area contributed by atoms with E-state index in [9.17, 15) is 0 Å². The molecule has 2 rings (SSSR count). The van der Waals surface area contributed by atoms with Gasteiger partial charge in [-0.1, -0.05) is 17.7 Å². The van der Waals surface area contributed by atoms with Crippen molar-refractivity contribution in [1.82, 2.24) is 9.78 Å². The van der Waals surface area contributed by atoms with Gasteiger partial charge >= 0.3 is 0 Å². The fraction of sp³-hybridized carbons (Fsp3) is 0.357. The maximum Gasteiger partial charge on any atom is 0.124 e. The second-order valence-electron chi connectivity index (χ2n) is 4.38. The Morgan fingerprint density at radius 2 is 2.21 bits per heavy atom. The molecule has 4 nitrogen and oxygen atoms in total. The maximum atomic E-state index is 6.16. The van der Waals surface area contributed by atoms with Crippen molar-refractivity contribution in [3.63, 3.8) is 0 Å². The van der Waals surface area contributed by atoms with Crippen LogP contribution in [0.1, 0.15) is 11.1 Å². The number of nitrogens with two attached hydrogens (primary N) is 1. The Morgan fingerprint density at radius 3 is 2.89 bits per heavy atom. The smallest absolute Gasteiger partial charge is 0.124 e. The Balaban J connectivity index is 1.97. The van der Waals surface area contributed by atoms with E-state index in [1.807, 2.05) is 37.6 Å². The first-order valence-corrected chi connectivity index (χ1v) is 6.66. The average molecular weight is 280 g/mol. The summed E-state index contributed by atoms with van der Waals surface area (Å²) in [5.41, 5.74) is 7.74. The van der Waals surface area contributed by atoms with Crippen molar-refractivity contribution in [2.75, 3.05) is 13.2 Å². The predicted octanol–water partition coefficient (Wildman–Crippen LogP) is 2.20. The molecule has 5 heteroatoms. The number of hydrogen-bond donors (Lipinski definition) is 1. The van der Waals surface area contributed by atoms with E-state index >= 15 is 0 Å². The third-order valence-corrected chi connectivity index (χ3v) is 3.23. The maximum absolute atomic E-state index is 6.16. The molecule has 0 spiro atoms. The quantitative estimate of drug-likeness (QED) is 0.882. The van der Waals surface area contributed by atoms with Gasteiger partial charge in [0.1, 0.15) is 5.75 Å². The lowest BCUT2D eigenvalue weighted by Crippen LogP contribution is -2.07. The molecular formula is C14H18ClN3O. The summed E-state index contributed by atoms with van der Waals surface area (Å²) < 4.78 is 7.59.